The second-order valence-corrected chi connectivity index (χ2v) is 5.12. The molecule has 1 aromatic rings. The summed E-state index contributed by atoms with van der Waals surface area (Å²) in [4.78, 5) is 13.7. The zero-order valence-electron chi connectivity index (χ0n) is 9.85. The van der Waals surface area contributed by atoms with Crippen molar-refractivity contribution in [3.05, 3.63) is 21.9 Å². The molecule has 0 spiro atoms. The summed E-state index contributed by atoms with van der Waals surface area (Å²) in [6.45, 7) is 4.63. The van der Waals surface area contributed by atoms with Crippen LogP contribution in [0.3, 0.4) is 0 Å². The molecular formula is C11H17N3O2S. The van der Waals surface area contributed by atoms with Crippen LogP contribution in [-0.2, 0) is 6.54 Å². The van der Waals surface area contributed by atoms with Crippen molar-refractivity contribution in [3.63, 3.8) is 0 Å². The van der Waals surface area contributed by atoms with E-state index in [1.807, 2.05) is 11.4 Å². The first-order chi connectivity index (χ1) is 8.16. The third kappa shape index (κ3) is 3.26. The highest BCUT2D eigenvalue weighted by molar-refractivity contribution is 7.12. The average molecular weight is 255 g/mol. The van der Waals surface area contributed by atoms with Gasteiger partial charge in [0, 0.05) is 32.7 Å². The van der Waals surface area contributed by atoms with E-state index in [0.29, 0.717) is 11.4 Å². The third-order valence-electron chi connectivity index (χ3n) is 2.94. The van der Waals surface area contributed by atoms with Crippen LogP contribution < -0.4 is 5.43 Å². The molecule has 6 heteroatoms. The Morgan fingerprint density at radius 3 is 2.82 bits per heavy atom. The number of hydrogen-bond donors (Lipinski definition) is 2. The van der Waals surface area contributed by atoms with Gasteiger partial charge in [-0.25, -0.2) is 9.80 Å². The molecule has 0 bridgehead atoms. The Morgan fingerprint density at radius 1 is 1.47 bits per heavy atom. The van der Waals surface area contributed by atoms with Gasteiger partial charge < -0.3 is 10.0 Å². The molecule has 0 radical (unpaired) electrons. The lowest BCUT2D eigenvalue weighted by Crippen LogP contribution is -2.50. The molecule has 94 valence electrons. The SMILES string of the molecule is CN1CCN(NCc2ccsc2C(=O)O)CC1. The number of rotatable bonds is 4. The highest BCUT2D eigenvalue weighted by atomic mass is 32.1. The van der Waals surface area contributed by atoms with Crippen molar-refractivity contribution in [1.82, 2.24) is 15.3 Å². The number of hydrogen-bond acceptors (Lipinski definition) is 5. The number of aromatic carboxylic acids is 1. The van der Waals surface area contributed by atoms with Gasteiger partial charge in [-0.15, -0.1) is 11.3 Å². The largest absolute Gasteiger partial charge is 0.477 e. The molecule has 0 aromatic carbocycles. The van der Waals surface area contributed by atoms with Crippen LogP contribution in [0.2, 0.25) is 0 Å². The van der Waals surface area contributed by atoms with E-state index in [2.05, 4.69) is 22.4 Å². The number of carbonyl (C=O) groups is 1. The number of carboxylic acids is 1. The molecule has 2 heterocycles. The number of nitrogens with zero attached hydrogens (tertiary/aromatic N) is 2. The van der Waals surface area contributed by atoms with Gasteiger partial charge in [0.25, 0.3) is 0 Å². The number of carboxylic acid groups (broad SMARTS) is 1. The quantitative estimate of drug-likeness (QED) is 0.829. The second-order valence-electron chi connectivity index (χ2n) is 4.21. The molecule has 17 heavy (non-hydrogen) atoms. The zero-order valence-corrected chi connectivity index (χ0v) is 10.7. The van der Waals surface area contributed by atoms with E-state index in [1.165, 1.54) is 11.3 Å². The predicted molar refractivity (Wildman–Crippen MR) is 67.2 cm³/mol. The predicted octanol–water partition coefficient (Wildman–Crippen LogP) is 0.698. The van der Waals surface area contributed by atoms with Crippen LogP contribution in [0.1, 0.15) is 15.2 Å². The standard InChI is InChI=1S/C11H17N3O2S/c1-13-3-5-14(6-4-13)12-8-9-2-7-17-10(9)11(15)16/h2,7,12H,3-6,8H2,1H3,(H,15,16). The fourth-order valence-electron chi connectivity index (χ4n) is 1.82. The lowest BCUT2D eigenvalue weighted by atomic mass is 10.2. The maximum atomic E-state index is 10.9. The fraction of sp³-hybridized carbons (Fsp3) is 0.545. The molecule has 0 unspecified atom stereocenters. The molecule has 1 fully saturated rings. The van der Waals surface area contributed by atoms with E-state index in [1.54, 1.807) is 0 Å². The number of nitrogens with one attached hydrogen (secondary N) is 1. The molecule has 0 amide bonds. The van der Waals surface area contributed by atoms with Gasteiger partial charge in [-0.05, 0) is 24.1 Å². The van der Waals surface area contributed by atoms with Crippen molar-refractivity contribution in [2.24, 2.45) is 0 Å². The number of likely N-dealkylation sites (N-methyl/N-ethyl adjacent to an activating group) is 1. The van der Waals surface area contributed by atoms with Crippen LogP contribution in [0.4, 0.5) is 0 Å². The molecule has 0 aliphatic carbocycles. The monoisotopic (exact) mass is 255 g/mol. The minimum absolute atomic E-state index is 0.437. The van der Waals surface area contributed by atoms with Gasteiger partial charge in [0.2, 0.25) is 0 Å². The van der Waals surface area contributed by atoms with Crippen molar-refractivity contribution in [2.45, 2.75) is 6.54 Å². The first-order valence-electron chi connectivity index (χ1n) is 5.63. The fourth-order valence-corrected chi connectivity index (χ4v) is 2.58. The van der Waals surface area contributed by atoms with Crippen LogP contribution in [0.5, 0.6) is 0 Å². The van der Waals surface area contributed by atoms with Crippen molar-refractivity contribution >= 4 is 17.3 Å². The van der Waals surface area contributed by atoms with E-state index in [9.17, 15) is 4.79 Å². The summed E-state index contributed by atoms with van der Waals surface area (Å²) in [6.07, 6.45) is 0. The number of hydrazine groups is 1. The summed E-state index contributed by atoms with van der Waals surface area (Å²) in [5, 5.41) is 13.0. The minimum Gasteiger partial charge on any atom is -0.477 e. The Kier molecular flexibility index (Phi) is 4.11. The molecule has 1 saturated heterocycles. The Bertz CT molecular complexity index is 386. The van der Waals surface area contributed by atoms with E-state index in [0.717, 1.165) is 31.7 Å². The Morgan fingerprint density at radius 2 is 2.18 bits per heavy atom. The highest BCUT2D eigenvalue weighted by Gasteiger charge is 2.15. The Balaban J connectivity index is 1.85. The Labute approximate surface area is 105 Å². The van der Waals surface area contributed by atoms with Crippen molar-refractivity contribution in [3.8, 4) is 0 Å². The van der Waals surface area contributed by atoms with Crippen LogP contribution in [-0.4, -0.2) is 54.2 Å². The molecule has 0 atom stereocenters. The molecule has 5 nitrogen and oxygen atoms in total. The number of thiophene rings is 1. The topological polar surface area (TPSA) is 55.8 Å². The maximum Gasteiger partial charge on any atom is 0.346 e. The van der Waals surface area contributed by atoms with Gasteiger partial charge in [-0.2, -0.15) is 0 Å². The lowest BCUT2D eigenvalue weighted by Gasteiger charge is -2.32. The van der Waals surface area contributed by atoms with Gasteiger partial charge in [-0.3, -0.25) is 5.43 Å². The summed E-state index contributed by atoms with van der Waals surface area (Å²) in [7, 11) is 2.11. The lowest BCUT2D eigenvalue weighted by molar-refractivity contribution is 0.0698. The molecule has 1 aliphatic heterocycles. The summed E-state index contributed by atoms with van der Waals surface area (Å²) >= 11 is 1.28. The van der Waals surface area contributed by atoms with Gasteiger partial charge in [-0.1, -0.05) is 0 Å². The maximum absolute atomic E-state index is 10.9. The summed E-state index contributed by atoms with van der Waals surface area (Å²) in [6, 6.07) is 1.87. The molecule has 2 N–H and O–H groups in total. The molecule has 1 aliphatic rings. The van der Waals surface area contributed by atoms with Gasteiger partial charge in [0.1, 0.15) is 4.88 Å². The number of piperazine rings is 1. The van der Waals surface area contributed by atoms with Crippen molar-refractivity contribution < 1.29 is 9.90 Å². The molecular weight excluding hydrogens is 238 g/mol. The minimum atomic E-state index is -0.838. The average Bonchev–Trinajstić information content (AvgIpc) is 2.76. The van der Waals surface area contributed by atoms with Gasteiger partial charge >= 0.3 is 5.97 Å². The Hall–Kier alpha value is -0.950. The molecule has 2 rings (SSSR count). The summed E-state index contributed by atoms with van der Waals surface area (Å²) in [5.74, 6) is -0.838. The first-order valence-corrected chi connectivity index (χ1v) is 6.51. The second kappa shape index (κ2) is 5.59. The van der Waals surface area contributed by atoms with E-state index in [4.69, 9.17) is 5.11 Å². The van der Waals surface area contributed by atoms with E-state index < -0.39 is 5.97 Å². The van der Waals surface area contributed by atoms with E-state index in [-0.39, 0.29) is 0 Å². The molecule has 1 aromatic heterocycles. The van der Waals surface area contributed by atoms with Crippen LogP contribution in [0, 0.1) is 0 Å². The first kappa shape index (κ1) is 12.5. The normalized spacial score (nSPS) is 18.4. The smallest absolute Gasteiger partial charge is 0.346 e. The zero-order chi connectivity index (χ0) is 12.3. The van der Waals surface area contributed by atoms with Crippen LogP contribution >= 0.6 is 11.3 Å². The third-order valence-corrected chi connectivity index (χ3v) is 3.88. The summed E-state index contributed by atoms with van der Waals surface area (Å²) < 4.78 is 0. The van der Waals surface area contributed by atoms with Crippen LogP contribution in [0.15, 0.2) is 11.4 Å². The van der Waals surface area contributed by atoms with Crippen molar-refractivity contribution in [2.75, 3.05) is 33.2 Å². The van der Waals surface area contributed by atoms with E-state index >= 15 is 0 Å². The highest BCUT2D eigenvalue weighted by Crippen LogP contribution is 2.16. The molecule has 0 saturated carbocycles. The van der Waals surface area contributed by atoms with Crippen LogP contribution in [0.25, 0.3) is 0 Å². The van der Waals surface area contributed by atoms with Gasteiger partial charge in [0.05, 0.1) is 0 Å². The summed E-state index contributed by atoms with van der Waals surface area (Å²) in [5.41, 5.74) is 4.15. The van der Waals surface area contributed by atoms with Crippen molar-refractivity contribution in [1.29, 1.82) is 0 Å². The van der Waals surface area contributed by atoms with Gasteiger partial charge in [0.15, 0.2) is 0 Å².